The van der Waals surface area contributed by atoms with Gasteiger partial charge in [0.05, 0.1) is 0 Å². The molecule has 2 nitrogen and oxygen atoms in total. The number of fused-ring (bicyclic) bond motifs is 3. The Balaban J connectivity index is 0.00000182. The van der Waals surface area contributed by atoms with E-state index in [0.717, 1.165) is 5.69 Å². The van der Waals surface area contributed by atoms with Gasteiger partial charge in [-0.3, -0.25) is 0 Å². The molecule has 0 saturated heterocycles. The number of hydrogen-bond donors (Lipinski definition) is 0. The smallest absolute Gasteiger partial charge is 0.0118 e. The first-order chi connectivity index (χ1) is 11.5. The van der Waals surface area contributed by atoms with Crippen molar-refractivity contribution >= 4 is 17.4 Å². The average molecular weight is 525 g/mol. The van der Waals surface area contributed by atoms with Gasteiger partial charge in [-0.25, -0.2) is 0 Å². The first-order valence-electron chi connectivity index (χ1n) is 8.03. The van der Waals surface area contributed by atoms with Crippen molar-refractivity contribution in [2.75, 3.05) is 11.9 Å². The normalized spacial score (nSPS) is 16.4. The number of hydrogen-bond acceptors (Lipinski definition) is 3. The van der Waals surface area contributed by atoms with Crippen molar-refractivity contribution in [2.24, 2.45) is 0 Å². The molecule has 1 aliphatic heterocycles. The molecule has 2 aromatic carbocycles. The van der Waals surface area contributed by atoms with E-state index in [2.05, 4.69) is 74.6 Å². The Kier molecular flexibility index (Phi) is 4.89. The Morgan fingerprint density at radius 3 is 2.60 bits per heavy atom. The van der Waals surface area contributed by atoms with E-state index < -0.39 is 0 Å². The fraction of sp³-hybridized carbons (Fsp3) is 0.190. The van der Waals surface area contributed by atoms with E-state index in [1.54, 1.807) is 11.8 Å². The van der Waals surface area contributed by atoms with Crippen LogP contribution in [-0.4, -0.2) is 11.9 Å². The van der Waals surface area contributed by atoms with Crippen LogP contribution in [0.1, 0.15) is 25.0 Å². The van der Waals surface area contributed by atoms with Crippen LogP contribution in [0.15, 0.2) is 59.6 Å². The summed E-state index contributed by atoms with van der Waals surface area (Å²) in [5.74, 6) is 0. The van der Waals surface area contributed by atoms with Crippen molar-refractivity contribution in [3.63, 3.8) is 0 Å². The van der Waals surface area contributed by atoms with Crippen molar-refractivity contribution in [1.82, 2.24) is 4.90 Å². The second-order valence-corrected chi connectivity index (χ2v) is 7.79. The van der Waals surface area contributed by atoms with Gasteiger partial charge in [0.2, 0.25) is 0 Å². The second-order valence-electron chi connectivity index (χ2n) is 6.75. The van der Waals surface area contributed by atoms with E-state index in [4.69, 9.17) is 0 Å². The van der Waals surface area contributed by atoms with Gasteiger partial charge in [0, 0.05) is 25.0 Å². The van der Waals surface area contributed by atoms with E-state index in [1.165, 1.54) is 27.1 Å². The van der Waals surface area contributed by atoms with E-state index in [0.29, 0.717) is 0 Å². The van der Waals surface area contributed by atoms with Crippen LogP contribution < -0.4 is 4.90 Å². The third kappa shape index (κ3) is 2.97. The largest absolute Gasteiger partial charge is 0.510 e. The van der Waals surface area contributed by atoms with E-state index >= 15 is 0 Å². The van der Waals surface area contributed by atoms with Crippen LogP contribution in [-0.2, 0) is 25.5 Å². The third-order valence-electron chi connectivity index (χ3n) is 4.83. The summed E-state index contributed by atoms with van der Waals surface area (Å²) in [5, 5.41) is 1.88. The molecular weight excluding hydrogens is 505 g/mol. The SMILES string of the molecule is C=CSc1ccc2c(c1)C(C)(C)c1cc(N3C=CN(C)[CH-]3)[c-]cc1-2.[Ir]. The van der Waals surface area contributed by atoms with Gasteiger partial charge in [0.25, 0.3) is 0 Å². The summed E-state index contributed by atoms with van der Waals surface area (Å²) >= 11 is 1.67. The maximum atomic E-state index is 3.83. The molecule has 0 amide bonds. The summed E-state index contributed by atoms with van der Waals surface area (Å²) in [6, 6.07) is 14.6. The minimum absolute atomic E-state index is 0. The molecule has 0 N–H and O–H groups in total. The van der Waals surface area contributed by atoms with Gasteiger partial charge in [-0.2, -0.15) is 18.8 Å². The Labute approximate surface area is 168 Å². The molecule has 0 bridgehead atoms. The van der Waals surface area contributed by atoms with E-state index in [9.17, 15) is 0 Å². The molecule has 0 unspecified atom stereocenters. The molecule has 2 aliphatic rings. The Bertz CT molecular complexity index is 857. The second kappa shape index (κ2) is 6.68. The van der Waals surface area contributed by atoms with Gasteiger partial charge >= 0.3 is 0 Å². The first kappa shape index (κ1) is 18.3. The van der Waals surface area contributed by atoms with Gasteiger partial charge in [-0.05, 0) is 48.0 Å². The minimum atomic E-state index is -0.0123. The molecule has 0 fully saturated rings. The summed E-state index contributed by atoms with van der Waals surface area (Å²) in [5.41, 5.74) is 6.43. The maximum Gasteiger partial charge on any atom is 0.0118 e. The molecule has 25 heavy (non-hydrogen) atoms. The molecular formula is C21H20IrN2S-2. The molecule has 0 atom stereocenters. The van der Waals surface area contributed by atoms with Crippen LogP contribution in [0.4, 0.5) is 5.69 Å². The molecule has 0 aromatic heterocycles. The summed E-state index contributed by atoms with van der Waals surface area (Å²) in [6.07, 6.45) is 4.10. The fourth-order valence-corrected chi connectivity index (χ4v) is 4.08. The van der Waals surface area contributed by atoms with E-state index in [1.807, 2.05) is 23.6 Å². The quantitative estimate of drug-likeness (QED) is 0.394. The summed E-state index contributed by atoms with van der Waals surface area (Å²) in [4.78, 5) is 5.39. The third-order valence-corrected chi connectivity index (χ3v) is 5.52. The molecule has 1 heterocycles. The Morgan fingerprint density at radius 1 is 1.16 bits per heavy atom. The molecule has 0 saturated carbocycles. The molecule has 131 valence electrons. The van der Waals surface area contributed by atoms with Crippen LogP contribution in [0.2, 0.25) is 0 Å². The number of benzene rings is 2. The Morgan fingerprint density at radius 2 is 1.92 bits per heavy atom. The monoisotopic (exact) mass is 525 g/mol. The zero-order valence-corrected chi connectivity index (χ0v) is 17.8. The molecule has 0 spiro atoms. The van der Waals surface area contributed by atoms with Crippen molar-refractivity contribution in [1.29, 1.82) is 0 Å². The Hall–Kier alpha value is -1.48. The van der Waals surface area contributed by atoms with Gasteiger partial charge in [0.1, 0.15) is 0 Å². The molecule has 1 aliphatic carbocycles. The molecule has 4 rings (SSSR count). The zero-order chi connectivity index (χ0) is 16.9. The van der Waals surface area contributed by atoms with Crippen LogP contribution in [0.25, 0.3) is 11.1 Å². The minimum Gasteiger partial charge on any atom is -0.510 e. The molecule has 4 heteroatoms. The van der Waals surface area contributed by atoms with Crippen LogP contribution in [0.5, 0.6) is 0 Å². The van der Waals surface area contributed by atoms with Crippen molar-refractivity contribution in [3.8, 4) is 11.1 Å². The first-order valence-corrected chi connectivity index (χ1v) is 8.91. The summed E-state index contributed by atoms with van der Waals surface area (Å²) < 4.78 is 0. The zero-order valence-electron chi connectivity index (χ0n) is 14.5. The predicted molar refractivity (Wildman–Crippen MR) is 103 cm³/mol. The topological polar surface area (TPSA) is 6.48 Å². The van der Waals surface area contributed by atoms with Gasteiger partial charge in [0.15, 0.2) is 0 Å². The van der Waals surface area contributed by atoms with Crippen molar-refractivity contribution < 1.29 is 20.1 Å². The fourth-order valence-electron chi connectivity index (χ4n) is 3.55. The van der Waals surface area contributed by atoms with E-state index in [-0.39, 0.29) is 25.5 Å². The van der Waals surface area contributed by atoms with Crippen LogP contribution >= 0.6 is 11.8 Å². The van der Waals surface area contributed by atoms with Gasteiger partial charge in [-0.1, -0.05) is 43.8 Å². The van der Waals surface area contributed by atoms with Crippen LogP contribution in [0, 0.1) is 12.7 Å². The number of nitrogens with zero attached hydrogens (tertiary/aromatic N) is 2. The van der Waals surface area contributed by atoms with Crippen molar-refractivity contribution in [2.45, 2.75) is 24.2 Å². The summed E-state index contributed by atoms with van der Waals surface area (Å²) in [7, 11) is 2.03. The molecule has 2 aromatic rings. The van der Waals surface area contributed by atoms with Crippen molar-refractivity contribution in [3.05, 3.63) is 78.6 Å². The standard InChI is InChI=1S/C21H20N2S.Ir/c1-5-24-16-7-9-18-17-8-6-15(23-11-10-22(4)14-23)12-19(17)21(2,3)20(18)13-16;/h5,7-14H,1H2,2-4H3;/q-2;. The number of rotatable bonds is 3. The molecule has 1 radical (unpaired) electrons. The number of anilines is 1. The number of thioether (sulfide) groups is 1. The summed E-state index contributed by atoms with van der Waals surface area (Å²) in [6.45, 7) is 10.5. The van der Waals surface area contributed by atoms with Crippen LogP contribution in [0.3, 0.4) is 0 Å². The van der Waals surface area contributed by atoms with Gasteiger partial charge < -0.3 is 9.80 Å². The predicted octanol–water partition coefficient (Wildman–Crippen LogP) is 5.37. The average Bonchev–Trinajstić information content (AvgIpc) is 3.09. The van der Waals surface area contributed by atoms with Gasteiger partial charge in [-0.15, -0.1) is 22.9 Å². The maximum absolute atomic E-state index is 3.83.